The summed E-state index contributed by atoms with van der Waals surface area (Å²) >= 11 is 1.49. The number of benzene rings is 1. The number of hydrogen-bond donors (Lipinski definition) is 1. The van der Waals surface area contributed by atoms with E-state index in [4.69, 9.17) is 5.26 Å². The Morgan fingerprint density at radius 1 is 1.33 bits per heavy atom. The van der Waals surface area contributed by atoms with Gasteiger partial charge in [-0.1, -0.05) is 30.3 Å². The first-order valence-corrected chi connectivity index (χ1v) is 5.38. The number of rotatable bonds is 3. The highest BCUT2D eigenvalue weighted by Gasteiger charge is 2.10. The van der Waals surface area contributed by atoms with Crippen LogP contribution in [0.25, 0.3) is 0 Å². The summed E-state index contributed by atoms with van der Waals surface area (Å²) in [5, 5.41) is 14.8. The largest absolute Gasteiger partial charge is 0.342 e. The maximum atomic E-state index is 9.04. The highest BCUT2D eigenvalue weighted by molar-refractivity contribution is 7.13. The molecular formula is C11H9N3S. The SMILES string of the molecule is N#C[C@H](Nc1nccs1)c1ccccc1. The lowest BCUT2D eigenvalue weighted by Gasteiger charge is -2.09. The van der Waals surface area contributed by atoms with Gasteiger partial charge in [-0.3, -0.25) is 0 Å². The molecule has 0 bridgehead atoms. The van der Waals surface area contributed by atoms with Gasteiger partial charge in [0.15, 0.2) is 5.13 Å². The Bertz CT molecular complexity index is 444. The van der Waals surface area contributed by atoms with Crippen LogP contribution < -0.4 is 5.32 Å². The van der Waals surface area contributed by atoms with Gasteiger partial charge in [0.05, 0.1) is 6.07 Å². The number of nitriles is 1. The van der Waals surface area contributed by atoms with Crippen molar-refractivity contribution in [2.24, 2.45) is 0 Å². The Morgan fingerprint density at radius 3 is 2.73 bits per heavy atom. The van der Waals surface area contributed by atoms with E-state index in [1.165, 1.54) is 11.3 Å². The zero-order chi connectivity index (χ0) is 10.5. The molecule has 0 saturated heterocycles. The third-order valence-electron chi connectivity index (χ3n) is 1.96. The molecule has 1 N–H and O–H groups in total. The summed E-state index contributed by atoms with van der Waals surface area (Å²) < 4.78 is 0. The third-order valence-corrected chi connectivity index (χ3v) is 2.67. The van der Waals surface area contributed by atoms with Crippen LogP contribution in [0, 0.1) is 11.3 Å². The van der Waals surface area contributed by atoms with Crippen LogP contribution in [0.1, 0.15) is 11.6 Å². The van der Waals surface area contributed by atoms with Crippen molar-refractivity contribution in [2.45, 2.75) is 6.04 Å². The van der Waals surface area contributed by atoms with Crippen LogP contribution in [0.5, 0.6) is 0 Å². The lowest BCUT2D eigenvalue weighted by molar-refractivity contribution is 0.992. The summed E-state index contributed by atoms with van der Waals surface area (Å²) in [6.07, 6.45) is 1.71. The maximum absolute atomic E-state index is 9.04. The van der Waals surface area contributed by atoms with Gasteiger partial charge in [0, 0.05) is 11.6 Å². The molecule has 0 aliphatic carbocycles. The van der Waals surface area contributed by atoms with Crippen molar-refractivity contribution in [1.82, 2.24) is 4.98 Å². The van der Waals surface area contributed by atoms with Gasteiger partial charge < -0.3 is 5.32 Å². The van der Waals surface area contributed by atoms with Gasteiger partial charge in [0.25, 0.3) is 0 Å². The highest BCUT2D eigenvalue weighted by atomic mass is 32.1. The van der Waals surface area contributed by atoms with Crippen LogP contribution in [0.4, 0.5) is 5.13 Å². The van der Waals surface area contributed by atoms with Gasteiger partial charge in [0.2, 0.25) is 0 Å². The Hall–Kier alpha value is -1.86. The van der Waals surface area contributed by atoms with E-state index < -0.39 is 0 Å². The molecule has 1 atom stereocenters. The standard InChI is InChI=1S/C11H9N3S/c12-8-10(9-4-2-1-3-5-9)14-11-13-6-7-15-11/h1-7,10H,(H,13,14)/t10-/m0/s1. The number of anilines is 1. The molecule has 0 aliphatic rings. The minimum atomic E-state index is -0.336. The quantitative estimate of drug-likeness (QED) is 0.856. The van der Waals surface area contributed by atoms with Crippen LogP contribution in [0.3, 0.4) is 0 Å². The van der Waals surface area contributed by atoms with Gasteiger partial charge in [0.1, 0.15) is 6.04 Å². The Morgan fingerprint density at radius 2 is 2.13 bits per heavy atom. The lowest BCUT2D eigenvalue weighted by atomic mass is 10.1. The molecule has 0 spiro atoms. The maximum Gasteiger partial charge on any atom is 0.183 e. The summed E-state index contributed by atoms with van der Waals surface area (Å²) in [5.74, 6) is 0. The summed E-state index contributed by atoms with van der Waals surface area (Å²) in [6, 6.07) is 11.5. The fraction of sp³-hybridized carbons (Fsp3) is 0.0909. The van der Waals surface area contributed by atoms with Gasteiger partial charge in [-0.05, 0) is 5.56 Å². The second kappa shape index (κ2) is 4.58. The zero-order valence-electron chi connectivity index (χ0n) is 7.92. The first-order chi connectivity index (χ1) is 7.40. The van der Waals surface area contributed by atoms with E-state index in [2.05, 4.69) is 16.4 Å². The van der Waals surface area contributed by atoms with Gasteiger partial charge in [-0.25, -0.2) is 4.98 Å². The smallest absolute Gasteiger partial charge is 0.183 e. The Balaban J connectivity index is 2.16. The zero-order valence-corrected chi connectivity index (χ0v) is 8.74. The predicted octanol–water partition coefficient (Wildman–Crippen LogP) is 2.82. The van der Waals surface area contributed by atoms with Crippen molar-refractivity contribution < 1.29 is 0 Å². The first kappa shape index (κ1) is 9.69. The van der Waals surface area contributed by atoms with Crippen molar-refractivity contribution in [3.8, 4) is 6.07 Å². The number of thiazole rings is 1. The molecule has 0 aliphatic heterocycles. The van der Waals surface area contributed by atoms with Crippen LogP contribution in [0.2, 0.25) is 0 Å². The fourth-order valence-corrected chi connectivity index (χ4v) is 1.81. The minimum Gasteiger partial charge on any atom is -0.342 e. The molecule has 1 aromatic carbocycles. The summed E-state index contributed by atoms with van der Waals surface area (Å²) in [7, 11) is 0. The average Bonchev–Trinajstić information content (AvgIpc) is 2.80. The van der Waals surface area contributed by atoms with E-state index >= 15 is 0 Å². The molecule has 74 valence electrons. The molecule has 2 aromatic rings. The van der Waals surface area contributed by atoms with Crippen molar-refractivity contribution in [2.75, 3.05) is 5.32 Å². The van der Waals surface area contributed by atoms with E-state index in [-0.39, 0.29) is 6.04 Å². The van der Waals surface area contributed by atoms with Crippen molar-refractivity contribution >= 4 is 16.5 Å². The molecule has 1 aromatic heterocycles. The van der Waals surface area contributed by atoms with Crippen molar-refractivity contribution in [3.05, 3.63) is 47.5 Å². The topological polar surface area (TPSA) is 48.7 Å². The molecule has 0 unspecified atom stereocenters. The van der Waals surface area contributed by atoms with E-state index in [1.54, 1.807) is 6.20 Å². The predicted molar refractivity (Wildman–Crippen MR) is 60.5 cm³/mol. The Labute approximate surface area is 92.0 Å². The molecule has 0 radical (unpaired) electrons. The summed E-state index contributed by atoms with van der Waals surface area (Å²) in [6.45, 7) is 0. The molecule has 0 saturated carbocycles. The fourth-order valence-electron chi connectivity index (χ4n) is 1.25. The summed E-state index contributed by atoms with van der Waals surface area (Å²) in [4.78, 5) is 4.09. The highest BCUT2D eigenvalue weighted by Crippen LogP contribution is 2.20. The van der Waals surface area contributed by atoms with Gasteiger partial charge >= 0.3 is 0 Å². The number of aromatic nitrogens is 1. The number of hydrogen-bond acceptors (Lipinski definition) is 4. The van der Waals surface area contributed by atoms with Crippen molar-refractivity contribution in [1.29, 1.82) is 5.26 Å². The van der Waals surface area contributed by atoms with Crippen LogP contribution in [0.15, 0.2) is 41.9 Å². The molecule has 0 amide bonds. The molecule has 3 nitrogen and oxygen atoms in total. The lowest BCUT2D eigenvalue weighted by Crippen LogP contribution is -2.07. The number of nitrogens with one attached hydrogen (secondary N) is 1. The molecular weight excluding hydrogens is 206 g/mol. The van der Waals surface area contributed by atoms with Crippen LogP contribution >= 0.6 is 11.3 Å². The van der Waals surface area contributed by atoms with E-state index in [0.717, 1.165) is 10.7 Å². The molecule has 2 rings (SSSR count). The normalized spacial score (nSPS) is 11.7. The van der Waals surface area contributed by atoms with E-state index in [1.807, 2.05) is 35.7 Å². The second-order valence-electron chi connectivity index (χ2n) is 2.95. The number of nitrogens with zero attached hydrogens (tertiary/aromatic N) is 2. The van der Waals surface area contributed by atoms with Gasteiger partial charge in [-0.15, -0.1) is 11.3 Å². The molecule has 1 heterocycles. The van der Waals surface area contributed by atoms with E-state index in [9.17, 15) is 0 Å². The molecule has 0 fully saturated rings. The monoisotopic (exact) mass is 215 g/mol. The van der Waals surface area contributed by atoms with Crippen LogP contribution in [-0.4, -0.2) is 4.98 Å². The second-order valence-corrected chi connectivity index (χ2v) is 3.85. The van der Waals surface area contributed by atoms with E-state index in [0.29, 0.717) is 0 Å². The average molecular weight is 215 g/mol. The summed E-state index contributed by atoms with van der Waals surface area (Å²) in [5.41, 5.74) is 0.954. The molecule has 4 heteroatoms. The first-order valence-electron chi connectivity index (χ1n) is 4.51. The minimum absolute atomic E-state index is 0.336. The van der Waals surface area contributed by atoms with Gasteiger partial charge in [-0.2, -0.15) is 5.26 Å². The van der Waals surface area contributed by atoms with Crippen molar-refractivity contribution in [3.63, 3.8) is 0 Å². The third kappa shape index (κ3) is 2.33. The Kier molecular flexibility index (Phi) is 2.96. The van der Waals surface area contributed by atoms with Crippen LogP contribution in [-0.2, 0) is 0 Å². The molecule has 15 heavy (non-hydrogen) atoms.